The number of carboxylic acid groups (broad SMARTS) is 1. The van der Waals surface area contributed by atoms with E-state index in [2.05, 4.69) is 10.1 Å². The minimum Gasteiger partial charge on any atom is -0.476 e. The number of halogens is 1. The van der Waals surface area contributed by atoms with Crippen LogP contribution < -0.4 is 0 Å². The van der Waals surface area contributed by atoms with Gasteiger partial charge in [0.15, 0.2) is 0 Å². The Hall–Kier alpha value is -1.92. The molecular formula is C11H6ClN3O2S. The van der Waals surface area contributed by atoms with Gasteiger partial charge < -0.3 is 5.11 Å². The van der Waals surface area contributed by atoms with E-state index in [1.165, 1.54) is 0 Å². The third kappa shape index (κ3) is 1.66. The summed E-state index contributed by atoms with van der Waals surface area (Å²) in [6.45, 7) is 0. The van der Waals surface area contributed by atoms with Gasteiger partial charge in [-0.05, 0) is 12.1 Å². The Balaban J connectivity index is 2.23. The van der Waals surface area contributed by atoms with Crippen molar-refractivity contribution in [2.45, 2.75) is 0 Å². The third-order valence-corrected chi connectivity index (χ3v) is 3.69. The van der Waals surface area contributed by atoms with Gasteiger partial charge in [-0.1, -0.05) is 29.0 Å². The van der Waals surface area contributed by atoms with Crippen molar-refractivity contribution in [3.8, 4) is 11.3 Å². The molecule has 0 aromatic carbocycles. The van der Waals surface area contributed by atoms with Gasteiger partial charge in [-0.15, -0.1) is 0 Å². The molecule has 0 radical (unpaired) electrons. The number of carbonyl (C=O) groups is 1. The summed E-state index contributed by atoms with van der Waals surface area (Å²) < 4.78 is 2.04. The van der Waals surface area contributed by atoms with E-state index in [0.717, 1.165) is 22.4 Å². The molecule has 0 atom stereocenters. The number of pyridine rings is 1. The summed E-state index contributed by atoms with van der Waals surface area (Å²) in [4.78, 5) is 14.9. The van der Waals surface area contributed by atoms with Gasteiger partial charge in [0.25, 0.3) is 0 Å². The Morgan fingerprint density at radius 1 is 1.44 bits per heavy atom. The van der Waals surface area contributed by atoms with E-state index < -0.39 is 5.97 Å². The van der Waals surface area contributed by atoms with E-state index in [1.54, 1.807) is 16.9 Å². The van der Waals surface area contributed by atoms with Crippen LogP contribution in [0.3, 0.4) is 0 Å². The first-order valence-corrected chi connectivity index (χ1v) is 6.18. The molecule has 18 heavy (non-hydrogen) atoms. The van der Waals surface area contributed by atoms with Gasteiger partial charge in [-0.2, -0.15) is 5.10 Å². The molecule has 3 heterocycles. The zero-order valence-electron chi connectivity index (χ0n) is 8.87. The molecule has 3 rings (SSSR count). The highest BCUT2D eigenvalue weighted by molar-refractivity contribution is 7.18. The summed E-state index contributed by atoms with van der Waals surface area (Å²) in [5.74, 6) is -1.08. The van der Waals surface area contributed by atoms with Crippen molar-refractivity contribution in [1.29, 1.82) is 0 Å². The molecule has 0 saturated heterocycles. The first-order chi connectivity index (χ1) is 8.66. The predicted octanol–water partition coefficient (Wildman–Crippen LogP) is 2.81. The normalized spacial score (nSPS) is 10.9. The van der Waals surface area contributed by atoms with Crippen molar-refractivity contribution >= 4 is 34.4 Å². The van der Waals surface area contributed by atoms with Gasteiger partial charge >= 0.3 is 5.97 Å². The van der Waals surface area contributed by atoms with Crippen LogP contribution in [0.2, 0.25) is 4.34 Å². The number of thiazole rings is 1. The Morgan fingerprint density at radius 3 is 3.00 bits per heavy atom. The highest BCUT2D eigenvalue weighted by Gasteiger charge is 2.18. The van der Waals surface area contributed by atoms with Crippen LogP contribution in [0, 0.1) is 0 Å². The van der Waals surface area contributed by atoms with Crippen molar-refractivity contribution in [3.63, 3.8) is 0 Å². The number of hydrogen-bond donors (Lipinski definition) is 1. The van der Waals surface area contributed by atoms with Gasteiger partial charge in [-0.25, -0.2) is 14.3 Å². The van der Waals surface area contributed by atoms with Crippen molar-refractivity contribution in [2.75, 3.05) is 0 Å². The highest BCUT2D eigenvalue weighted by atomic mass is 35.5. The lowest BCUT2D eigenvalue weighted by molar-refractivity contribution is 0.0696. The summed E-state index contributed by atoms with van der Waals surface area (Å²) in [6, 6.07) is 5.60. The number of hydrogen-bond acceptors (Lipinski definition) is 4. The Kier molecular flexibility index (Phi) is 2.53. The SMILES string of the molecule is O=C(O)c1nc(-c2cnn3ccccc23)c(Cl)s1. The van der Waals surface area contributed by atoms with Gasteiger partial charge in [0.2, 0.25) is 5.01 Å². The maximum Gasteiger partial charge on any atom is 0.365 e. The monoisotopic (exact) mass is 279 g/mol. The van der Waals surface area contributed by atoms with Crippen LogP contribution in [0.15, 0.2) is 30.6 Å². The maximum absolute atomic E-state index is 10.9. The van der Waals surface area contributed by atoms with E-state index in [0.29, 0.717) is 10.0 Å². The standard InChI is InChI=1S/C11H6ClN3O2S/c12-9-8(14-10(18-9)11(16)17)6-5-13-15-4-2-1-3-7(6)15/h1-5H,(H,16,17). The first-order valence-electron chi connectivity index (χ1n) is 4.99. The lowest BCUT2D eigenvalue weighted by Gasteiger charge is -1.95. The molecule has 0 aliphatic rings. The molecule has 0 aliphatic carbocycles. The van der Waals surface area contributed by atoms with Crippen molar-refractivity contribution < 1.29 is 9.90 Å². The van der Waals surface area contributed by atoms with Crippen LogP contribution in [0.1, 0.15) is 9.80 Å². The molecule has 0 saturated carbocycles. The second-order valence-corrected chi connectivity index (χ2v) is 5.14. The zero-order valence-corrected chi connectivity index (χ0v) is 10.4. The third-order valence-electron chi connectivity index (χ3n) is 2.45. The molecule has 3 aromatic rings. The first kappa shape index (κ1) is 11.2. The topological polar surface area (TPSA) is 67.5 Å². The van der Waals surface area contributed by atoms with Gasteiger partial charge in [0, 0.05) is 11.8 Å². The van der Waals surface area contributed by atoms with E-state index in [4.69, 9.17) is 16.7 Å². The van der Waals surface area contributed by atoms with Gasteiger partial charge in [0.1, 0.15) is 10.0 Å². The summed E-state index contributed by atoms with van der Waals surface area (Å²) in [7, 11) is 0. The van der Waals surface area contributed by atoms with Crippen molar-refractivity contribution in [1.82, 2.24) is 14.6 Å². The van der Waals surface area contributed by atoms with E-state index >= 15 is 0 Å². The van der Waals surface area contributed by atoms with E-state index in [9.17, 15) is 4.79 Å². The van der Waals surface area contributed by atoms with Crippen LogP contribution >= 0.6 is 22.9 Å². The van der Waals surface area contributed by atoms with Crippen LogP contribution in [-0.4, -0.2) is 25.7 Å². The fourth-order valence-corrected chi connectivity index (χ4v) is 2.69. The van der Waals surface area contributed by atoms with Crippen LogP contribution in [0.4, 0.5) is 0 Å². The second kappa shape index (κ2) is 4.08. The average molecular weight is 280 g/mol. The van der Waals surface area contributed by atoms with Crippen molar-refractivity contribution in [2.24, 2.45) is 0 Å². The number of carboxylic acids is 1. The quantitative estimate of drug-likeness (QED) is 0.783. The fourth-order valence-electron chi connectivity index (χ4n) is 1.68. The van der Waals surface area contributed by atoms with Crippen LogP contribution in [0.25, 0.3) is 16.8 Å². The molecule has 0 amide bonds. The van der Waals surface area contributed by atoms with Gasteiger partial charge in [0.05, 0.1) is 11.7 Å². The minimum absolute atomic E-state index is 0.0229. The molecule has 90 valence electrons. The van der Waals surface area contributed by atoms with E-state index in [-0.39, 0.29) is 5.01 Å². The average Bonchev–Trinajstić information content (AvgIpc) is 2.92. The smallest absolute Gasteiger partial charge is 0.365 e. The summed E-state index contributed by atoms with van der Waals surface area (Å²) in [5, 5.41) is 13.0. The number of aromatic nitrogens is 3. The molecule has 5 nitrogen and oxygen atoms in total. The van der Waals surface area contributed by atoms with Crippen LogP contribution in [0.5, 0.6) is 0 Å². The number of aromatic carboxylic acids is 1. The van der Waals surface area contributed by atoms with Crippen LogP contribution in [-0.2, 0) is 0 Å². The molecule has 0 aliphatic heterocycles. The molecule has 0 spiro atoms. The summed E-state index contributed by atoms with van der Waals surface area (Å²) in [5.41, 5.74) is 2.02. The Bertz CT molecular complexity index is 750. The molecule has 0 bridgehead atoms. The molecule has 0 unspecified atom stereocenters. The Labute approximate surface area is 110 Å². The Morgan fingerprint density at radius 2 is 2.28 bits per heavy atom. The summed E-state index contributed by atoms with van der Waals surface area (Å²) >= 11 is 6.98. The lowest BCUT2D eigenvalue weighted by Crippen LogP contribution is -1.94. The summed E-state index contributed by atoms with van der Waals surface area (Å²) in [6.07, 6.45) is 3.43. The number of fused-ring (bicyclic) bond motifs is 1. The minimum atomic E-state index is -1.08. The lowest BCUT2D eigenvalue weighted by atomic mass is 10.2. The van der Waals surface area contributed by atoms with Crippen molar-refractivity contribution in [3.05, 3.63) is 39.9 Å². The molecule has 0 fully saturated rings. The highest BCUT2D eigenvalue weighted by Crippen LogP contribution is 2.34. The van der Waals surface area contributed by atoms with E-state index in [1.807, 2.05) is 18.2 Å². The number of rotatable bonds is 2. The molecule has 1 N–H and O–H groups in total. The van der Waals surface area contributed by atoms with Gasteiger partial charge in [-0.3, -0.25) is 0 Å². The molecule has 7 heteroatoms. The number of nitrogens with zero attached hydrogens (tertiary/aromatic N) is 3. The predicted molar refractivity (Wildman–Crippen MR) is 68.3 cm³/mol. The second-order valence-electron chi connectivity index (χ2n) is 3.54. The fraction of sp³-hybridized carbons (Fsp3) is 0. The molecule has 3 aromatic heterocycles. The maximum atomic E-state index is 10.9. The zero-order chi connectivity index (χ0) is 12.7. The largest absolute Gasteiger partial charge is 0.476 e. The molecular weight excluding hydrogens is 274 g/mol.